The van der Waals surface area contributed by atoms with Crippen molar-refractivity contribution in [3.8, 4) is 0 Å². The number of halogens is 6. The quantitative estimate of drug-likeness (QED) is 0.314. The van der Waals surface area contributed by atoms with E-state index < -0.39 is 53.4 Å². The van der Waals surface area contributed by atoms with Gasteiger partial charge in [0.1, 0.15) is 6.04 Å². The molecule has 0 bridgehead atoms. The summed E-state index contributed by atoms with van der Waals surface area (Å²) >= 11 is 0. The summed E-state index contributed by atoms with van der Waals surface area (Å²) in [4.78, 5) is 25.8. The molecule has 208 valence electrons. The van der Waals surface area contributed by atoms with Crippen LogP contribution in [0, 0.1) is 11.3 Å². The van der Waals surface area contributed by atoms with Crippen molar-refractivity contribution < 1.29 is 40.7 Å². The van der Waals surface area contributed by atoms with Gasteiger partial charge in [0.2, 0.25) is 5.91 Å². The lowest BCUT2D eigenvalue weighted by atomic mass is 9.74. The van der Waals surface area contributed by atoms with Gasteiger partial charge in [-0.25, -0.2) is 4.79 Å². The molecule has 0 saturated heterocycles. The number of carbonyl (C=O) groups excluding carboxylic acids is 2. The van der Waals surface area contributed by atoms with Gasteiger partial charge in [-0.2, -0.15) is 26.3 Å². The summed E-state index contributed by atoms with van der Waals surface area (Å²) < 4.78 is 84.2. The minimum Gasteiger partial charge on any atom is -0.468 e. The fourth-order valence-corrected chi connectivity index (χ4v) is 4.99. The van der Waals surface area contributed by atoms with E-state index in [1.165, 1.54) is 7.11 Å². The predicted molar refractivity (Wildman–Crippen MR) is 128 cm³/mol. The average molecular weight is 545 g/mol. The van der Waals surface area contributed by atoms with Crippen molar-refractivity contribution in [1.29, 1.82) is 0 Å². The minimum atomic E-state index is -4.97. The Morgan fingerprint density at radius 3 is 2.08 bits per heavy atom. The Hall–Kier alpha value is -3.08. The normalized spacial score (nSPS) is 20.8. The van der Waals surface area contributed by atoms with Crippen LogP contribution >= 0.6 is 0 Å². The van der Waals surface area contributed by atoms with Gasteiger partial charge in [-0.1, -0.05) is 44.2 Å². The average Bonchev–Trinajstić information content (AvgIpc) is 3.30. The van der Waals surface area contributed by atoms with Crippen molar-refractivity contribution in [2.24, 2.45) is 11.3 Å². The Morgan fingerprint density at radius 2 is 1.58 bits per heavy atom. The van der Waals surface area contributed by atoms with Gasteiger partial charge in [-0.15, -0.1) is 0 Å². The van der Waals surface area contributed by atoms with Crippen LogP contribution in [0.15, 0.2) is 48.5 Å². The molecule has 0 heterocycles. The molecule has 0 aromatic heterocycles. The van der Waals surface area contributed by atoms with Crippen molar-refractivity contribution in [3.05, 3.63) is 70.8 Å². The van der Waals surface area contributed by atoms with Crippen LogP contribution in [0.3, 0.4) is 0 Å². The molecule has 0 aliphatic heterocycles. The molecule has 2 N–H and O–H groups in total. The van der Waals surface area contributed by atoms with E-state index in [1.54, 1.807) is 24.3 Å². The third-order valence-corrected chi connectivity index (χ3v) is 7.18. The van der Waals surface area contributed by atoms with Crippen molar-refractivity contribution in [2.75, 3.05) is 7.11 Å². The van der Waals surface area contributed by atoms with Crippen LogP contribution < -0.4 is 10.6 Å². The number of nitrogens with one attached hydrogen (secondary N) is 2. The number of ether oxygens (including phenoxy) is 1. The molecule has 1 fully saturated rings. The highest BCUT2D eigenvalue weighted by atomic mass is 19.4. The van der Waals surface area contributed by atoms with Gasteiger partial charge in [0.15, 0.2) is 0 Å². The van der Waals surface area contributed by atoms with Crippen LogP contribution in [0.5, 0.6) is 0 Å². The van der Waals surface area contributed by atoms with Crippen molar-refractivity contribution >= 4 is 11.9 Å². The van der Waals surface area contributed by atoms with Crippen LogP contribution in [0.1, 0.15) is 61.4 Å². The van der Waals surface area contributed by atoms with Crippen molar-refractivity contribution in [3.63, 3.8) is 0 Å². The summed E-state index contributed by atoms with van der Waals surface area (Å²) in [6, 6.07) is 9.18. The maximum Gasteiger partial charge on any atom is 0.416 e. The van der Waals surface area contributed by atoms with Gasteiger partial charge in [-0.3, -0.25) is 10.1 Å². The summed E-state index contributed by atoms with van der Waals surface area (Å²) in [6.07, 6.45) is -8.66. The Bertz CT molecular complexity index is 1100. The minimum absolute atomic E-state index is 0.0542. The molecule has 2 aromatic rings. The number of benzene rings is 2. The lowest BCUT2D eigenvalue weighted by Gasteiger charge is -2.33. The first-order valence-electron chi connectivity index (χ1n) is 12.1. The molecule has 1 aliphatic rings. The van der Waals surface area contributed by atoms with Crippen LogP contribution in [-0.4, -0.2) is 25.0 Å². The van der Waals surface area contributed by atoms with E-state index in [2.05, 4.69) is 10.6 Å². The van der Waals surface area contributed by atoms with Crippen molar-refractivity contribution in [1.82, 2.24) is 10.6 Å². The second kappa shape index (κ2) is 11.3. The third kappa shape index (κ3) is 6.67. The molecule has 11 heteroatoms. The smallest absolute Gasteiger partial charge is 0.416 e. The Kier molecular flexibility index (Phi) is 8.80. The highest BCUT2D eigenvalue weighted by Crippen LogP contribution is 2.45. The maximum absolute atomic E-state index is 13.4. The van der Waals surface area contributed by atoms with Gasteiger partial charge in [0.25, 0.3) is 0 Å². The zero-order chi connectivity index (χ0) is 28.3. The van der Waals surface area contributed by atoms with Crippen molar-refractivity contribution in [2.45, 2.75) is 64.1 Å². The Morgan fingerprint density at radius 1 is 1.00 bits per heavy atom. The molecule has 1 amide bonds. The van der Waals surface area contributed by atoms with Gasteiger partial charge < -0.3 is 10.1 Å². The number of rotatable bonds is 8. The largest absolute Gasteiger partial charge is 0.468 e. The second-order valence-corrected chi connectivity index (χ2v) is 9.88. The topological polar surface area (TPSA) is 67.4 Å². The summed E-state index contributed by atoms with van der Waals surface area (Å²) in [5, 5.41) is 5.83. The number of esters is 1. The first kappa shape index (κ1) is 29.5. The molecule has 1 saturated carbocycles. The van der Waals surface area contributed by atoms with Crippen LogP contribution in [0.25, 0.3) is 0 Å². The highest BCUT2D eigenvalue weighted by molar-refractivity contribution is 5.83. The van der Waals surface area contributed by atoms with E-state index in [0.29, 0.717) is 37.0 Å². The van der Waals surface area contributed by atoms with E-state index >= 15 is 0 Å². The molecule has 38 heavy (non-hydrogen) atoms. The zero-order valence-corrected chi connectivity index (χ0v) is 21.2. The molecule has 0 spiro atoms. The summed E-state index contributed by atoms with van der Waals surface area (Å²) in [7, 11) is 1.28. The molecule has 5 nitrogen and oxygen atoms in total. The highest BCUT2D eigenvalue weighted by Gasteiger charge is 2.48. The molecular weight excluding hydrogens is 514 g/mol. The lowest BCUT2D eigenvalue weighted by molar-refractivity contribution is -0.144. The van der Waals surface area contributed by atoms with Gasteiger partial charge >= 0.3 is 18.3 Å². The van der Waals surface area contributed by atoms with Crippen LogP contribution in [0.4, 0.5) is 26.3 Å². The number of hydrogen-bond donors (Lipinski definition) is 2. The van der Waals surface area contributed by atoms with E-state index in [4.69, 9.17) is 4.74 Å². The van der Waals surface area contributed by atoms with E-state index in [0.717, 1.165) is 0 Å². The molecular formula is C27H30F6N2O3. The Labute approximate surface area is 216 Å². The number of amides is 1. The molecule has 3 rings (SSSR count). The standard InChI is InChI=1S/C27H30F6N2O3/c1-16(2)25(10-9-21(14-25)35-22(23(36)38-3)18-7-5-4-6-8-18)24(37)34-15-17-11-19(26(28,29)30)13-20(12-17)27(31,32)33/h4-8,11-13,16,21-22,35H,9-10,14-15H2,1-3H3,(H,34,37)/t21-,22+,25+/m1/s1. The SMILES string of the molecule is COC(=O)[C@@H](N[C@@H]1CC[C@@](C(=O)NCc2cc(C(F)(F)F)cc(C(F)(F)F)c2)(C(C)C)C1)c1ccccc1. The van der Waals surface area contributed by atoms with E-state index in [1.807, 2.05) is 19.9 Å². The Balaban J connectivity index is 1.78. The number of hydrogen-bond acceptors (Lipinski definition) is 4. The summed E-state index contributed by atoms with van der Waals surface area (Å²) in [5.41, 5.74) is -3.41. The maximum atomic E-state index is 13.4. The van der Waals surface area contributed by atoms with Gasteiger partial charge in [-0.05, 0) is 54.5 Å². The molecule has 0 unspecified atom stereocenters. The van der Waals surface area contributed by atoms with Crippen LogP contribution in [0.2, 0.25) is 0 Å². The van der Waals surface area contributed by atoms with E-state index in [-0.39, 0.29) is 23.6 Å². The molecule has 2 aromatic carbocycles. The van der Waals surface area contributed by atoms with Crippen LogP contribution in [-0.2, 0) is 33.2 Å². The fourth-order valence-electron chi connectivity index (χ4n) is 4.99. The molecule has 0 radical (unpaired) electrons. The predicted octanol–water partition coefficient (Wildman–Crippen LogP) is 6.04. The van der Waals surface area contributed by atoms with Gasteiger partial charge in [0.05, 0.1) is 23.7 Å². The van der Waals surface area contributed by atoms with Gasteiger partial charge in [0, 0.05) is 12.6 Å². The second-order valence-electron chi connectivity index (χ2n) is 9.88. The molecule has 3 atom stereocenters. The zero-order valence-electron chi connectivity index (χ0n) is 21.2. The van der Waals surface area contributed by atoms with E-state index in [9.17, 15) is 35.9 Å². The third-order valence-electron chi connectivity index (χ3n) is 7.18. The first-order valence-corrected chi connectivity index (χ1v) is 12.1. The monoisotopic (exact) mass is 544 g/mol. The molecule has 1 aliphatic carbocycles. The lowest BCUT2D eigenvalue weighted by Crippen LogP contribution is -2.44. The summed E-state index contributed by atoms with van der Waals surface area (Å²) in [6.45, 7) is 3.18. The number of carbonyl (C=O) groups is 2. The number of methoxy groups -OCH3 is 1. The fraction of sp³-hybridized carbons (Fsp3) is 0.481. The number of alkyl halides is 6. The summed E-state index contributed by atoms with van der Waals surface area (Å²) in [5.74, 6) is -1.14. The first-order chi connectivity index (χ1) is 17.7.